The number of amides is 2. The van der Waals surface area contributed by atoms with Gasteiger partial charge in [0.1, 0.15) is 18.8 Å². The van der Waals surface area contributed by atoms with Crippen molar-refractivity contribution in [3.05, 3.63) is 106 Å². The summed E-state index contributed by atoms with van der Waals surface area (Å²) in [5.74, 6) is -2.20. The van der Waals surface area contributed by atoms with Crippen LogP contribution in [0.4, 0.5) is 14.5 Å². The Labute approximate surface area is 260 Å². The Kier molecular flexibility index (Phi) is 8.03. The van der Waals surface area contributed by atoms with Crippen molar-refractivity contribution in [1.29, 1.82) is 0 Å². The Morgan fingerprint density at radius 2 is 1.84 bits per heavy atom. The standard InChI is InChI=1S/C33H26ClF2N5O4/c1-18(42)25-16-40(28-10-9-19(11-24(25)28)20-13-37-33(45)38-14-20)17-30(43)41-15-21(35)12-29(41)32(44)39-27-8-4-6-23(31(27)36)22-5-2-3-7-26(22)34/h2-11,13-14,16,21,29H,12,15,17H2,1H3,(H,39,44)(H,37,38,45). The number of carbonyl (C=O) groups excluding carboxylic acids is 3. The molecule has 228 valence electrons. The first-order valence-corrected chi connectivity index (χ1v) is 14.4. The first-order chi connectivity index (χ1) is 21.6. The fraction of sp³-hybridized carbons (Fsp3) is 0.182. The molecule has 2 unspecified atom stereocenters. The third-order valence-corrected chi connectivity index (χ3v) is 8.19. The van der Waals surface area contributed by atoms with Crippen LogP contribution in [0, 0.1) is 5.82 Å². The molecule has 1 aliphatic heterocycles. The predicted octanol–water partition coefficient (Wildman–Crippen LogP) is 5.63. The molecular weight excluding hydrogens is 604 g/mol. The van der Waals surface area contributed by atoms with E-state index in [0.29, 0.717) is 38.2 Å². The maximum absolute atomic E-state index is 15.5. The number of carbonyl (C=O) groups is 3. The van der Waals surface area contributed by atoms with Gasteiger partial charge >= 0.3 is 5.69 Å². The molecule has 1 saturated heterocycles. The van der Waals surface area contributed by atoms with E-state index in [2.05, 4.69) is 15.3 Å². The minimum atomic E-state index is -1.45. The number of hydrogen-bond acceptors (Lipinski definition) is 5. The molecule has 0 radical (unpaired) electrons. The van der Waals surface area contributed by atoms with Crippen LogP contribution in [-0.2, 0) is 16.1 Å². The number of aromatic nitrogens is 3. The highest BCUT2D eigenvalue weighted by atomic mass is 35.5. The lowest BCUT2D eigenvalue weighted by atomic mass is 10.0. The van der Waals surface area contributed by atoms with Gasteiger partial charge in [0.15, 0.2) is 11.6 Å². The molecule has 45 heavy (non-hydrogen) atoms. The fourth-order valence-corrected chi connectivity index (χ4v) is 5.90. The Hall–Kier alpha value is -5.16. The molecule has 5 aromatic rings. The van der Waals surface area contributed by atoms with Crippen LogP contribution in [0.15, 0.2) is 84.0 Å². The highest BCUT2D eigenvalue weighted by Gasteiger charge is 2.40. The van der Waals surface area contributed by atoms with Crippen molar-refractivity contribution in [1.82, 2.24) is 19.4 Å². The normalized spacial score (nSPS) is 16.2. The van der Waals surface area contributed by atoms with E-state index in [0.717, 1.165) is 4.90 Å². The van der Waals surface area contributed by atoms with Gasteiger partial charge in [0, 0.05) is 63.2 Å². The molecule has 3 aromatic carbocycles. The second kappa shape index (κ2) is 12.1. The zero-order valence-corrected chi connectivity index (χ0v) is 24.6. The highest BCUT2D eigenvalue weighted by molar-refractivity contribution is 6.33. The number of aromatic amines is 1. The van der Waals surface area contributed by atoms with E-state index in [-0.39, 0.29) is 36.5 Å². The molecule has 2 N–H and O–H groups in total. The van der Waals surface area contributed by atoms with Crippen LogP contribution >= 0.6 is 11.6 Å². The smallest absolute Gasteiger partial charge is 0.337 e. The zero-order valence-electron chi connectivity index (χ0n) is 23.9. The van der Waals surface area contributed by atoms with Gasteiger partial charge in [0.05, 0.1) is 12.2 Å². The molecule has 0 bridgehead atoms. The second-order valence-corrected chi connectivity index (χ2v) is 11.2. The van der Waals surface area contributed by atoms with Crippen LogP contribution in [0.25, 0.3) is 33.2 Å². The van der Waals surface area contributed by atoms with Gasteiger partial charge in [-0.15, -0.1) is 0 Å². The lowest BCUT2D eigenvalue weighted by Gasteiger charge is -2.24. The van der Waals surface area contributed by atoms with Crippen molar-refractivity contribution >= 4 is 45.8 Å². The van der Waals surface area contributed by atoms with Gasteiger partial charge in [-0.3, -0.25) is 14.4 Å². The fourth-order valence-electron chi connectivity index (χ4n) is 5.67. The number of likely N-dealkylation sites (tertiary alicyclic amines) is 1. The predicted molar refractivity (Wildman–Crippen MR) is 166 cm³/mol. The van der Waals surface area contributed by atoms with E-state index < -0.39 is 35.5 Å². The molecule has 0 aliphatic carbocycles. The van der Waals surface area contributed by atoms with Crippen LogP contribution < -0.4 is 11.0 Å². The van der Waals surface area contributed by atoms with Crippen molar-refractivity contribution in [2.24, 2.45) is 0 Å². The molecule has 1 aliphatic rings. The molecule has 2 amide bonds. The van der Waals surface area contributed by atoms with Gasteiger partial charge in [-0.05, 0) is 36.8 Å². The largest absolute Gasteiger partial charge is 0.344 e. The first kappa shape index (κ1) is 29.9. The van der Waals surface area contributed by atoms with Crippen LogP contribution in [0.2, 0.25) is 5.02 Å². The summed E-state index contributed by atoms with van der Waals surface area (Å²) < 4.78 is 31.8. The summed E-state index contributed by atoms with van der Waals surface area (Å²) in [6, 6.07) is 15.3. The lowest BCUT2D eigenvalue weighted by molar-refractivity contribution is -0.137. The van der Waals surface area contributed by atoms with Gasteiger partial charge in [-0.1, -0.05) is 48.0 Å². The number of halogens is 3. The molecule has 3 heterocycles. The first-order valence-electron chi connectivity index (χ1n) is 14.1. The van der Waals surface area contributed by atoms with E-state index in [1.165, 1.54) is 31.5 Å². The quantitative estimate of drug-likeness (QED) is 0.226. The summed E-state index contributed by atoms with van der Waals surface area (Å²) >= 11 is 6.25. The summed E-state index contributed by atoms with van der Waals surface area (Å²) in [6.07, 6.45) is 2.78. The summed E-state index contributed by atoms with van der Waals surface area (Å²) in [5, 5.41) is 3.44. The highest BCUT2D eigenvalue weighted by Crippen LogP contribution is 2.33. The minimum absolute atomic E-state index is 0.122. The summed E-state index contributed by atoms with van der Waals surface area (Å²) in [7, 11) is 0. The van der Waals surface area contributed by atoms with E-state index in [1.54, 1.807) is 59.3 Å². The van der Waals surface area contributed by atoms with Gasteiger partial charge in [-0.2, -0.15) is 0 Å². The van der Waals surface area contributed by atoms with E-state index in [1.807, 2.05) is 0 Å². The molecule has 9 nitrogen and oxygen atoms in total. The number of benzene rings is 3. The molecule has 2 aromatic heterocycles. The third-order valence-electron chi connectivity index (χ3n) is 7.87. The second-order valence-electron chi connectivity index (χ2n) is 10.8. The average molecular weight is 630 g/mol. The van der Waals surface area contributed by atoms with Crippen LogP contribution in [0.1, 0.15) is 23.7 Å². The molecule has 1 fully saturated rings. The third kappa shape index (κ3) is 5.86. The van der Waals surface area contributed by atoms with E-state index in [9.17, 15) is 23.6 Å². The van der Waals surface area contributed by atoms with Gasteiger partial charge in [-0.25, -0.2) is 18.6 Å². The number of H-pyrrole nitrogens is 1. The molecule has 2 atom stereocenters. The van der Waals surface area contributed by atoms with Crippen molar-refractivity contribution < 1.29 is 23.2 Å². The number of rotatable bonds is 7. The SMILES string of the molecule is CC(=O)c1cn(CC(=O)N2CC(F)CC2C(=O)Nc2cccc(-c3ccccc3Cl)c2F)c2ccc(-c3cnc(=O)[nH]c3)cc12. The number of hydrogen-bond donors (Lipinski definition) is 2. The topological polar surface area (TPSA) is 117 Å². The van der Waals surface area contributed by atoms with E-state index >= 15 is 4.39 Å². The van der Waals surface area contributed by atoms with Crippen molar-refractivity contribution in [2.75, 3.05) is 11.9 Å². The number of nitrogens with zero attached hydrogens (tertiary/aromatic N) is 3. The number of ketones is 1. The van der Waals surface area contributed by atoms with Crippen LogP contribution in [0.5, 0.6) is 0 Å². The van der Waals surface area contributed by atoms with Crippen molar-refractivity contribution in [2.45, 2.75) is 32.1 Å². The number of alkyl halides is 1. The zero-order chi connectivity index (χ0) is 31.8. The maximum Gasteiger partial charge on any atom is 0.344 e. The van der Waals surface area contributed by atoms with Crippen molar-refractivity contribution in [3.63, 3.8) is 0 Å². The van der Waals surface area contributed by atoms with E-state index in [4.69, 9.17) is 11.6 Å². The monoisotopic (exact) mass is 629 g/mol. The lowest BCUT2D eigenvalue weighted by Crippen LogP contribution is -2.44. The van der Waals surface area contributed by atoms with Gasteiger partial charge in [0.25, 0.3) is 0 Å². The number of fused-ring (bicyclic) bond motifs is 1. The molecule has 12 heteroatoms. The Balaban J connectivity index is 1.25. The molecule has 0 spiro atoms. The van der Waals surface area contributed by atoms with Crippen molar-refractivity contribution in [3.8, 4) is 22.3 Å². The summed E-state index contributed by atoms with van der Waals surface area (Å²) in [5.41, 5.74) is 2.28. The minimum Gasteiger partial charge on any atom is -0.337 e. The Bertz CT molecular complexity index is 2020. The Morgan fingerprint density at radius 1 is 1.07 bits per heavy atom. The number of Topliss-reactive ketones (excluding diaryl/α,β-unsaturated/α-hetero) is 1. The molecular formula is C33H26ClF2N5O4. The van der Waals surface area contributed by atoms with Crippen LogP contribution in [-0.4, -0.2) is 55.8 Å². The van der Waals surface area contributed by atoms with Crippen LogP contribution in [0.3, 0.4) is 0 Å². The number of nitrogens with one attached hydrogen (secondary N) is 2. The summed E-state index contributed by atoms with van der Waals surface area (Å²) in [6.45, 7) is 0.834. The van der Waals surface area contributed by atoms with Gasteiger partial charge < -0.3 is 19.8 Å². The Morgan fingerprint density at radius 3 is 2.58 bits per heavy atom. The molecule has 0 saturated carbocycles. The molecule has 6 rings (SSSR count). The summed E-state index contributed by atoms with van der Waals surface area (Å²) in [4.78, 5) is 58.2. The van der Waals surface area contributed by atoms with Gasteiger partial charge in [0.2, 0.25) is 11.8 Å². The maximum atomic E-state index is 15.5. The average Bonchev–Trinajstić information content (AvgIpc) is 3.59. The number of anilines is 1.